The molecule has 1 saturated heterocycles. The lowest BCUT2D eigenvalue weighted by Gasteiger charge is -2.36. The zero-order valence-electron chi connectivity index (χ0n) is 17.0. The highest BCUT2D eigenvalue weighted by atomic mass is 32.1. The zero-order chi connectivity index (χ0) is 22.1. The summed E-state index contributed by atoms with van der Waals surface area (Å²) in [5.41, 5.74) is -0.175. The van der Waals surface area contributed by atoms with Crippen molar-refractivity contribution in [2.45, 2.75) is 13.5 Å². The normalized spacial score (nSPS) is 14.8. The number of piperazine rings is 1. The van der Waals surface area contributed by atoms with E-state index in [4.69, 9.17) is 0 Å². The van der Waals surface area contributed by atoms with Gasteiger partial charge in [0.1, 0.15) is 11.4 Å². The first kappa shape index (κ1) is 21.2. The van der Waals surface area contributed by atoms with E-state index < -0.39 is 17.2 Å². The minimum atomic E-state index is -1.33. The minimum absolute atomic E-state index is 0.0585. The number of aryl methyl sites for hydroxylation is 1. The molecular formula is C22H22FN3O4S. The Kier molecular flexibility index (Phi) is 5.88. The molecule has 0 bridgehead atoms. The number of thiophene rings is 1. The molecular weight excluding hydrogens is 421 g/mol. The largest absolute Gasteiger partial charge is 0.477 e. The third kappa shape index (κ3) is 4.11. The van der Waals surface area contributed by atoms with Crippen LogP contribution in [0.3, 0.4) is 0 Å². The molecule has 0 spiro atoms. The molecule has 2 aromatic heterocycles. The number of carboxylic acid groups (broad SMARTS) is 1. The first-order chi connectivity index (χ1) is 14.9. The van der Waals surface area contributed by atoms with E-state index in [2.05, 4.69) is 4.90 Å². The second kappa shape index (κ2) is 8.60. The van der Waals surface area contributed by atoms with Gasteiger partial charge in [0.05, 0.1) is 22.6 Å². The smallest absolute Gasteiger partial charge is 0.341 e. The first-order valence-corrected chi connectivity index (χ1v) is 10.9. The Labute approximate surface area is 181 Å². The molecule has 0 amide bonds. The topological polar surface area (TPSA) is 82.8 Å². The van der Waals surface area contributed by atoms with E-state index in [0.717, 1.165) is 10.9 Å². The number of anilines is 1. The quantitative estimate of drug-likeness (QED) is 0.590. The molecule has 9 heteroatoms. The van der Waals surface area contributed by atoms with Crippen LogP contribution in [-0.2, 0) is 6.54 Å². The number of Topliss-reactive ketones (excluding diaryl/α,β-unsaturated/α-hetero) is 1. The number of carboxylic acids is 1. The molecule has 1 N–H and O–H groups in total. The Morgan fingerprint density at radius 2 is 1.94 bits per heavy atom. The lowest BCUT2D eigenvalue weighted by Crippen LogP contribution is -2.48. The number of benzene rings is 1. The molecule has 0 radical (unpaired) electrons. The summed E-state index contributed by atoms with van der Waals surface area (Å²) in [5, 5.41) is 11.2. The third-order valence-electron chi connectivity index (χ3n) is 5.60. The van der Waals surface area contributed by atoms with Crippen molar-refractivity contribution in [1.82, 2.24) is 9.47 Å². The van der Waals surface area contributed by atoms with Crippen molar-refractivity contribution in [3.8, 4) is 0 Å². The van der Waals surface area contributed by atoms with Crippen LogP contribution in [0.15, 0.2) is 40.6 Å². The van der Waals surface area contributed by atoms with Crippen LogP contribution in [0.5, 0.6) is 0 Å². The maximum absolute atomic E-state index is 14.9. The van der Waals surface area contributed by atoms with Crippen LogP contribution < -0.4 is 10.3 Å². The molecule has 3 aromatic rings. The molecule has 1 aliphatic rings. The molecule has 3 heterocycles. The van der Waals surface area contributed by atoms with Gasteiger partial charge in [0.2, 0.25) is 5.43 Å². The number of carbonyl (C=O) groups is 2. The number of pyridine rings is 1. The Hall–Kier alpha value is -3.04. The van der Waals surface area contributed by atoms with Crippen molar-refractivity contribution in [3.05, 3.63) is 62.3 Å². The van der Waals surface area contributed by atoms with Crippen LogP contribution >= 0.6 is 11.3 Å². The van der Waals surface area contributed by atoms with Crippen molar-refractivity contribution in [2.75, 3.05) is 37.6 Å². The number of fused-ring (bicyclic) bond motifs is 1. The highest BCUT2D eigenvalue weighted by Crippen LogP contribution is 2.26. The molecule has 1 aliphatic heterocycles. The van der Waals surface area contributed by atoms with Crippen LogP contribution in [0.4, 0.5) is 10.1 Å². The predicted octanol–water partition coefficient (Wildman–Crippen LogP) is 2.93. The molecule has 162 valence electrons. The molecule has 0 unspecified atom stereocenters. The van der Waals surface area contributed by atoms with E-state index in [1.54, 1.807) is 10.6 Å². The predicted molar refractivity (Wildman–Crippen MR) is 118 cm³/mol. The van der Waals surface area contributed by atoms with Crippen molar-refractivity contribution >= 4 is 39.7 Å². The van der Waals surface area contributed by atoms with Crippen molar-refractivity contribution < 1.29 is 19.1 Å². The van der Waals surface area contributed by atoms with Gasteiger partial charge in [-0.1, -0.05) is 6.07 Å². The summed E-state index contributed by atoms with van der Waals surface area (Å²) in [6.45, 7) is 4.94. The van der Waals surface area contributed by atoms with Crippen LogP contribution in [-0.4, -0.2) is 59.0 Å². The number of hydrogen-bond donors (Lipinski definition) is 1. The van der Waals surface area contributed by atoms with Crippen LogP contribution in [0.25, 0.3) is 10.9 Å². The summed E-state index contributed by atoms with van der Waals surface area (Å²) in [4.78, 5) is 40.9. The second-order valence-electron chi connectivity index (χ2n) is 7.45. The van der Waals surface area contributed by atoms with Crippen LogP contribution in [0, 0.1) is 5.82 Å². The van der Waals surface area contributed by atoms with Gasteiger partial charge in [0.25, 0.3) is 0 Å². The number of carbonyl (C=O) groups excluding carboxylic acids is 1. The summed E-state index contributed by atoms with van der Waals surface area (Å²) in [7, 11) is 0. The van der Waals surface area contributed by atoms with Crippen molar-refractivity contribution in [3.63, 3.8) is 0 Å². The average molecular weight is 444 g/mol. The van der Waals surface area contributed by atoms with Gasteiger partial charge in [-0.15, -0.1) is 11.3 Å². The maximum atomic E-state index is 14.9. The van der Waals surface area contributed by atoms with Crippen molar-refractivity contribution in [2.24, 2.45) is 0 Å². The highest BCUT2D eigenvalue weighted by Gasteiger charge is 2.23. The van der Waals surface area contributed by atoms with Gasteiger partial charge in [-0.25, -0.2) is 9.18 Å². The summed E-state index contributed by atoms with van der Waals surface area (Å²) < 4.78 is 16.6. The lowest BCUT2D eigenvalue weighted by atomic mass is 10.1. The van der Waals surface area contributed by atoms with E-state index in [1.807, 2.05) is 29.3 Å². The van der Waals surface area contributed by atoms with E-state index in [9.17, 15) is 23.9 Å². The monoisotopic (exact) mass is 443 g/mol. The summed E-state index contributed by atoms with van der Waals surface area (Å²) in [6, 6.07) is 6.43. The molecule has 0 aliphatic carbocycles. The second-order valence-corrected chi connectivity index (χ2v) is 8.40. The minimum Gasteiger partial charge on any atom is -0.477 e. The van der Waals surface area contributed by atoms with Gasteiger partial charge in [0.15, 0.2) is 5.78 Å². The average Bonchev–Trinajstić information content (AvgIpc) is 3.30. The lowest BCUT2D eigenvalue weighted by molar-refractivity contribution is 0.0694. The number of ketones is 1. The number of aromatic carboxylic acids is 1. The van der Waals surface area contributed by atoms with Crippen LogP contribution in [0.2, 0.25) is 0 Å². The van der Waals surface area contributed by atoms with Gasteiger partial charge < -0.3 is 14.6 Å². The number of nitrogens with zero attached hydrogens (tertiary/aromatic N) is 3. The van der Waals surface area contributed by atoms with E-state index in [-0.39, 0.29) is 16.7 Å². The zero-order valence-corrected chi connectivity index (χ0v) is 17.8. The van der Waals surface area contributed by atoms with Crippen LogP contribution in [0.1, 0.15) is 27.0 Å². The Bertz CT molecular complexity index is 1200. The number of halogens is 1. The molecule has 7 nitrogen and oxygen atoms in total. The molecule has 0 saturated carbocycles. The summed E-state index contributed by atoms with van der Waals surface area (Å²) in [5.74, 6) is -1.80. The van der Waals surface area contributed by atoms with Gasteiger partial charge in [-0.05, 0) is 30.5 Å². The molecule has 1 aromatic carbocycles. The van der Waals surface area contributed by atoms with Gasteiger partial charge in [-0.3, -0.25) is 14.5 Å². The Morgan fingerprint density at radius 1 is 1.19 bits per heavy atom. The SMILES string of the molecule is CCn1cc(C(=O)O)c(=O)c2cc(F)c(N3CCN(CC(=O)c4cccs4)CC3)cc21. The number of aromatic nitrogens is 1. The number of rotatable bonds is 6. The van der Waals surface area contributed by atoms with E-state index in [1.165, 1.54) is 17.5 Å². The van der Waals surface area contributed by atoms with E-state index in [0.29, 0.717) is 50.5 Å². The fourth-order valence-corrected chi connectivity index (χ4v) is 4.58. The standard InChI is InChI=1S/C22H22FN3O4S/c1-2-25-12-15(22(29)30)21(28)14-10-16(23)18(11-17(14)25)26-7-5-24(6-8-26)13-19(27)20-4-3-9-31-20/h3-4,9-12H,2,5-8,13H2,1H3,(H,29,30). The number of hydrogen-bond acceptors (Lipinski definition) is 6. The van der Waals surface area contributed by atoms with Gasteiger partial charge in [0, 0.05) is 44.3 Å². The summed E-state index contributed by atoms with van der Waals surface area (Å²) in [6.07, 6.45) is 1.31. The molecule has 4 rings (SSSR count). The Balaban J connectivity index is 1.57. The fraction of sp³-hybridized carbons (Fsp3) is 0.318. The molecule has 31 heavy (non-hydrogen) atoms. The first-order valence-electron chi connectivity index (χ1n) is 10.0. The highest BCUT2D eigenvalue weighted by molar-refractivity contribution is 7.12. The summed E-state index contributed by atoms with van der Waals surface area (Å²) >= 11 is 1.43. The fourth-order valence-electron chi connectivity index (χ4n) is 3.92. The van der Waals surface area contributed by atoms with E-state index >= 15 is 0 Å². The maximum Gasteiger partial charge on any atom is 0.341 e. The van der Waals surface area contributed by atoms with Gasteiger partial charge >= 0.3 is 5.97 Å². The third-order valence-corrected chi connectivity index (χ3v) is 6.51. The van der Waals surface area contributed by atoms with Crippen molar-refractivity contribution in [1.29, 1.82) is 0 Å². The van der Waals surface area contributed by atoms with Gasteiger partial charge in [-0.2, -0.15) is 0 Å². The Morgan fingerprint density at radius 3 is 2.55 bits per heavy atom. The molecule has 1 fully saturated rings. The molecule has 0 atom stereocenters.